The predicted molar refractivity (Wildman–Crippen MR) is 80.1 cm³/mol. The average molecular weight is 327 g/mol. The lowest BCUT2D eigenvalue weighted by atomic mass is 10.2. The van der Waals surface area contributed by atoms with E-state index in [1.165, 1.54) is 7.11 Å². The summed E-state index contributed by atoms with van der Waals surface area (Å²) in [4.78, 5) is 24.2. The number of benzene rings is 1. The zero-order valence-corrected chi connectivity index (χ0v) is 12.9. The number of methoxy groups -OCH3 is 1. The van der Waals surface area contributed by atoms with E-state index in [0.29, 0.717) is 26.3 Å². The van der Waals surface area contributed by atoms with E-state index in [-0.39, 0.29) is 17.3 Å². The highest BCUT2D eigenvalue weighted by molar-refractivity contribution is 5.96. The Morgan fingerprint density at radius 3 is 2.70 bits per heavy atom. The monoisotopic (exact) mass is 327 g/mol. The molecular formula is C14H18FN3O5. The highest BCUT2D eigenvalue weighted by Crippen LogP contribution is 2.32. The van der Waals surface area contributed by atoms with Crippen LogP contribution in [-0.2, 0) is 9.53 Å². The van der Waals surface area contributed by atoms with Crippen molar-refractivity contribution >= 4 is 17.3 Å². The smallest absolute Gasteiger partial charge is 0.307 e. The summed E-state index contributed by atoms with van der Waals surface area (Å²) in [6.07, 6.45) is 0. The number of nitro benzene ring substituents is 1. The summed E-state index contributed by atoms with van der Waals surface area (Å²) in [6.45, 7) is 4.06. The summed E-state index contributed by atoms with van der Waals surface area (Å²) in [5.74, 6) is -1.35. The van der Waals surface area contributed by atoms with Crippen LogP contribution in [-0.4, -0.2) is 55.2 Å². The zero-order chi connectivity index (χ0) is 17.0. The van der Waals surface area contributed by atoms with Gasteiger partial charge in [-0.15, -0.1) is 0 Å². The van der Waals surface area contributed by atoms with Crippen molar-refractivity contribution in [3.63, 3.8) is 0 Å². The van der Waals surface area contributed by atoms with E-state index in [4.69, 9.17) is 9.47 Å². The van der Waals surface area contributed by atoms with Crippen molar-refractivity contribution in [2.45, 2.75) is 13.0 Å². The Morgan fingerprint density at radius 2 is 2.13 bits per heavy atom. The molecule has 1 amide bonds. The number of rotatable bonds is 5. The fourth-order valence-corrected chi connectivity index (χ4v) is 2.32. The van der Waals surface area contributed by atoms with Gasteiger partial charge in [-0.1, -0.05) is 0 Å². The Labute approximate surface area is 132 Å². The molecule has 1 aliphatic heterocycles. The maximum absolute atomic E-state index is 13.6. The molecule has 1 N–H and O–H groups in total. The Morgan fingerprint density at radius 1 is 1.48 bits per heavy atom. The molecular weight excluding hydrogens is 309 g/mol. The summed E-state index contributed by atoms with van der Waals surface area (Å²) in [6, 6.07) is 1.39. The van der Waals surface area contributed by atoms with Gasteiger partial charge in [-0.3, -0.25) is 19.8 Å². The number of hydrogen-bond donors (Lipinski definition) is 1. The lowest BCUT2D eigenvalue weighted by Crippen LogP contribution is -2.47. The number of ether oxygens (including phenoxy) is 2. The van der Waals surface area contributed by atoms with Crippen LogP contribution in [0.2, 0.25) is 0 Å². The molecule has 0 aromatic heterocycles. The number of hydrogen-bond acceptors (Lipinski definition) is 6. The first-order valence-electron chi connectivity index (χ1n) is 7.08. The molecule has 1 aromatic carbocycles. The molecule has 23 heavy (non-hydrogen) atoms. The molecule has 1 atom stereocenters. The molecule has 1 saturated heterocycles. The standard InChI is InChI=1S/C14H18FN3O5/c1-9(17-3-5-23-6-4-17)14(19)16-11-8-12(18(20)21)10(15)7-13(11)22-2/h7-9H,3-6H2,1-2H3,(H,16,19)/t9-/m0/s1. The van der Waals surface area contributed by atoms with Crippen LogP contribution in [0, 0.1) is 15.9 Å². The molecule has 0 spiro atoms. The molecule has 1 aliphatic rings. The first kappa shape index (κ1) is 17.1. The zero-order valence-electron chi connectivity index (χ0n) is 12.9. The third-order valence-electron chi connectivity index (χ3n) is 3.70. The van der Waals surface area contributed by atoms with Crippen LogP contribution < -0.4 is 10.1 Å². The second kappa shape index (κ2) is 7.34. The summed E-state index contributed by atoms with van der Waals surface area (Å²) in [5.41, 5.74) is -0.661. The normalized spacial score (nSPS) is 16.7. The van der Waals surface area contributed by atoms with Crippen LogP contribution in [0.1, 0.15) is 6.92 Å². The van der Waals surface area contributed by atoms with E-state index in [9.17, 15) is 19.3 Å². The second-order valence-electron chi connectivity index (χ2n) is 5.07. The number of morpholine rings is 1. The van der Waals surface area contributed by atoms with Gasteiger partial charge in [0.1, 0.15) is 5.75 Å². The quantitative estimate of drug-likeness (QED) is 0.649. The van der Waals surface area contributed by atoms with Gasteiger partial charge in [-0.25, -0.2) is 0 Å². The molecule has 8 nitrogen and oxygen atoms in total. The highest BCUT2D eigenvalue weighted by Gasteiger charge is 2.25. The van der Waals surface area contributed by atoms with Gasteiger partial charge in [0.25, 0.3) is 0 Å². The van der Waals surface area contributed by atoms with Gasteiger partial charge in [0, 0.05) is 25.2 Å². The first-order chi connectivity index (χ1) is 10.9. The number of nitrogens with zero attached hydrogens (tertiary/aromatic N) is 2. The number of anilines is 1. The van der Waals surface area contributed by atoms with Crippen LogP contribution in [0.25, 0.3) is 0 Å². The van der Waals surface area contributed by atoms with Crippen molar-refractivity contribution in [3.8, 4) is 5.75 Å². The van der Waals surface area contributed by atoms with Gasteiger partial charge in [-0.2, -0.15) is 4.39 Å². The molecule has 0 radical (unpaired) electrons. The van der Waals surface area contributed by atoms with E-state index >= 15 is 0 Å². The summed E-state index contributed by atoms with van der Waals surface area (Å²) >= 11 is 0. The molecule has 0 bridgehead atoms. The second-order valence-corrected chi connectivity index (χ2v) is 5.07. The average Bonchev–Trinajstić information content (AvgIpc) is 2.55. The molecule has 0 unspecified atom stereocenters. The van der Waals surface area contributed by atoms with Gasteiger partial charge in [-0.05, 0) is 6.92 Å². The van der Waals surface area contributed by atoms with Gasteiger partial charge in [0.15, 0.2) is 0 Å². The lowest BCUT2D eigenvalue weighted by Gasteiger charge is -2.31. The first-order valence-corrected chi connectivity index (χ1v) is 7.08. The van der Waals surface area contributed by atoms with Gasteiger partial charge >= 0.3 is 5.69 Å². The number of nitrogens with one attached hydrogen (secondary N) is 1. The summed E-state index contributed by atoms with van der Waals surface area (Å²) in [7, 11) is 1.29. The molecule has 0 saturated carbocycles. The number of amides is 1. The Hall–Kier alpha value is -2.26. The molecule has 9 heteroatoms. The minimum Gasteiger partial charge on any atom is -0.494 e. The fourth-order valence-electron chi connectivity index (χ4n) is 2.32. The summed E-state index contributed by atoms with van der Waals surface area (Å²) < 4.78 is 23.8. The number of carbonyl (C=O) groups excluding carboxylic acids is 1. The van der Waals surface area contributed by atoms with Crippen LogP contribution >= 0.6 is 0 Å². The Balaban J connectivity index is 2.18. The molecule has 0 aliphatic carbocycles. The van der Waals surface area contributed by atoms with Crippen molar-refractivity contribution in [2.75, 3.05) is 38.7 Å². The largest absolute Gasteiger partial charge is 0.494 e. The highest BCUT2D eigenvalue weighted by atomic mass is 19.1. The van der Waals surface area contributed by atoms with E-state index in [0.717, 1.165) is 12.1 Å². The summed E-state index contributed by atoms with van der Waals surface area (Å²) in [5, 5.41) is 13.4. The van der Waals surface area contributed by atoms with E-state index in [2.05, 4.69) is 5.32 Å². The minimum absolute atomic E-state index is 0.0237. The minimum atomic E-state index is -1.02. The van der Waals surface area contributed by atoms with Gasteiger partial charge in [0.2, 0.25) is 11.7 Å². The van der Waals surface area contributed by atoms with Gasteiger partial charge in [0.05, 0.1) is 37.0 Å². The maximum Gasteiger partial charge on any atom is 0.307 e. The van der Waals surface area contributed by atoms with E-state index < -0.39 is 22.5 Å². The number of halogens is 1. The van der Waals surface area contributed by atoms with Crippen LogP contribution in [0.3, 0.4) is 0 Å². The van der Waals surface area contributed by atoms with E-state index in [1.54, 1.807) is 6.92 Å². The Kier molecular flexibility index (Phi) is 5.45. The van der Waals surface area contributed by atoms with Crippen molar-refractivity contribution in [3.05, 3.63) is 28.1 Å². The third-order valence-corrected chi connectivity index (χ3v) is 3.70. The SMILES string of the molecule is COc1cc(F)c([N+](=O)[O-])cc1NC(=O)[C@H](C)N1CCOCC1. The molecule has 1 aromatic rings. The number of nitro groups is 1. The van der Waals surface area contributed by atoms with Crippen molar-refractivity contribution in [1.29, 1.82) is 0 Å². The fraction of sp³-hybridized carbons (Fsp3) is 0.500. The molecule has 126 valence electrons. The topological polar surface area (TPSA) is 93.9 Å². The third kappa shape index (κ3) is 3.93. The molecule has 1 fully saturated rings. The molecule has 1 heterocycles. The van der Waals surface area contributed by atoms with Crippen LogP contribution in [0.15, 0.2) is 12.1 Å². The van der Waals surface area contributed by atoms with Crippen molar-refractivity contribution < 1.29 is 23.6 Å². The van der Waals surface area contributed by atoms with Crippen molar-refractivity contribution in [2.24, 2.45) is 0 Å². The van der Waals surface area contributed by atoms with Crippen LogP contribution in [0.4, 0.5) is 15.8 Å². The Bertz CT molecular complexity index is 604. The lowest BCUT2D eigenvalue weighted by molar-refractivity contribution is -0.387. The van der Waals surface area contributed by atoms with Crippen LogP contribution in [0.5, 0.6) is 5.75 Å². The predicted octanol–water partition coefficient (Wildman–Crippen LogP) is 1.40. The van der Waals surface area contributed by atoms with Crippen molar-refractivity contribution in [1.82, 2.24) is 4.90 Å². The molecule has 2 rings (SSSR count). The van der Waals surface area contributed by atoms with Gasteiger partial charge < -0.3 is 14.8 Å². The maximum atomic E-state index is 13.6. The number of carbonyl (C=O) groups is 1. The van der Waals surface area contributed by atoms with E-state index in [1.807, 2.05) is 4.90 Å².